The monoisotopic (exact) mass is 340 g/mol. The number of aryl methyl sites for hydroxylation is 1. The van der Waals surface area contributed by atoms with Crippen LogP contribution in [-0.4, -0.2) is 35.8 Å². The van der Waals surface area contributed by atoms with Crippen LogP contribution in [0.5, 0.6) is 0 Å². The summed E-state index contributed by atoms with van der Waals surface area (Å²) in [4.78, 5) is 25.9. The zero-order chi connectivity index (χ0) is 18.4. The lowest BCUT2D eigenvalue weighted by atomic mass is 9.69. The summed E-state index contributed by atoms with van der Waals surface area (Å²) in [5, 5.41) is 3.52. The van der Waals surface area contributed by atoms with Gasteiger partial charge in [0.1, 0.15) is 0 Å². The Kier molecular flexibility index (Phi) is 4.58. The summed E-state index contributed by atoms with van der Waals surface area (Å²) in [6.07, 6.45) is 2.64. The molecule has 1 heterocycles. The minimum atomic E-state index is -0.117. The van der Waals surface area contributed by atoms with Gasteiger partial charge in [-0.1, -0.05) is 45.0 Å². The quantitative estimate of drug-likeness (QED) is 0.843. The van der Waals surface area contributed by atoms with E-state index in [9.17, 15) is 9.59 Å². The van der Waals surface area contributed by atoms with Crippen LogP contribution in [-0.2, 0) is 16.0 Å². The number of Topliss-reactive ketones (excluding diaryl/α,β-unsaturated/α-hetero) is 1. The van der Waals surface area contributed by atoms with Crippen molar-refractivity contribution in [1.82, 2.24) is 10.0 Å². The first kappa shape index (κ1) is 17.9. The molecule has 1 aromatic carbocycles. The van der Waals surface area contributed by atoms with Gasteiger partial charge in [-0.3, -0.25) is 9.59 Å². The molecule has 1 aliphatic heterocycles. The Balaban J connectivity index is 2.11. The van der Waals surface area contributed by atoms with Crippen molar-refractivity contribution in [2.75, 3.05) is 14.1 Å². The molecule has 1 atom stereocenters. The van der Waals surface area contributed by atoms with Gasteiger partial charge < -0.3 is 0 Å². The largest absolute Gasteiger partial charge is 0.294 e. The van der Waals surface area contributed by atoms with Crippen LogP contribution in [0.15, 0.2) is 35.5 Å². The average Bonchev–Trinajstić information content (AvgIpc) is 2.52. The first-order chi connectivity index (χ1) is 11.7. The highest BCUT2D eigenvalue weighted by Crippen LogP contribution is 2.47. The number of amides is 1. The summed E-state index contributed by atoms with van der Waals surface area (Å²) in [5.41, 5.74) is 3.97. The second kappa shape index (κ2) is 6.41. The van der Waals surface area contributed by atoms with Crippen LogP contribution in [0, 0.1) is 5.41 Å². The maximum atomic E-state index is 13.0. The summed E-state index contributed by atoms with van der Waals surface area (Å²) >= 11 is 0. The molecule has 1 amide bonds. The molecule has 1 aromatic rings. The molecule has 0 fully saturated rings. The summed E-state index contributed by atoms with van der Waals surface area (Å²) in [7, 11) is 3.73. The normalized spacial score (nSPS) is 23.3. The number of hydrazine groups is 1. The van der Waals surface area contributed by atoms with Crippen molar-refractivity contribution in [2.24, 2.45) is 5.41 Å². The lowest BCUT2D eigenvalue weighted by molar-refractivity contribution is -0.143. The van der Waals surface area contributed by atoms with Crippen molar-refractivity contribution in [3.63, 3.8) is 0 Å². The van der Waals surface area contributed by atoms with Gasteiger partial charge in [0.05, 0.1) is 0 Å². The van der Waals surface area contributed by atoms with Gasteiger partial charge in [0, 0.05) is 44.1 Å². The summed E-state index contributed by atoms with van der Waals surface area (Å²) in [5.74, 6) is 0.141. The summed E-state index contributed by atoms with van der Waals surface area (Å²) < 4.78 is 0. The number of hydrogen-bond donors (Lipinski definition) is 0. The standard InChI is InChI=1S/C21H28N2O2/c1-6-14-7-9-15(10-8-14)16-11-19(25)23(22(4)5)17-12-21(2,3)13-18(24)20(16)17/h7-10,16H,6,11-13H2,1-5H3. The highest BCUT2D eigenvalue weighted by Gasteiger charge is 2.44. The van der Waals surface area contributed by atoms with Crippen molar-refractivity contribution in [2.45, 2.75) is 52.4 Å². The number of allylic oxidation sites excluding steroid dienone is 2. The molecule has 0 saturated heterocycles. The lowest BCUT2D eigenvalue weighted by Gasteiger charge is -2.44. The molecule has 0 N–H and O–H groups in total. The molecule has 25 heavy (non-hydrogen) atoms. The van der Waals surface area contributed by atoms with E-state index in [4.69, 9.17) is 0 Å². The van der Waals surface area contributed by atoms with Gasteiger partial charge in [0.2, 0.25) is 5.91 Å². The zero-order valence-corrected chi connectivity index (χ0v) is 15.9. The average molecular weight is 340 g/mol. The van der Waals surface area contributed by atoms with Gasteiger partial charge in [-0.25, -0.2) is 10.0 Å². The summed E-state index contributed by atoms with van der Waals surface area (Å²) in [6.45, 7) is 6.33. The fraction of sp³-hybridized carbons (Fsp3) is 0.524. The van der Waals surface area contributed by atoms with Crippen LogP contribution in [0.3, 0.4) is 0 Å². The number of benzene rings is 1. The minimum Gasteiger partial charge on any atom is -0.294 e. The fourth-order valence-corrected chi connectivity index (χ4v) is 4.13. The van der Waals surface area contributed by atoms with Gasteiger partial charge in [-0.05, 0) is 29.4 Å². The van der Waals surface area contributed by atoms with Gasteiger partial charge >= 0.3 is 0 Å². The van der Waals surface area contributed by atoms with E-state index >= 15 is 0 Å². The van der Waals surface area contributed by atoms with Crippen molar-refractivity contribution in [3.05, 3.63) is 46.7 Å². The Labute approximate surface area is 150 Å². The fourth-order valence-electron chi connectivity index (χ4n) is 4.13. The number of ketones is 1. The van der Waals surface area contributed by atoms with Crippen LogP contribution in [0.2, 0.25) is 0 Å². The molecular formula is C21H28N2O2. The minimum absolute atomic E-state index is 0.0684. The Morgan fingerprint density at radius 3 is 2.32 bits per heavy atom. The van der Waals surface area contributed by atoms with Crippen LogP contribution >= 0.6 is 0 Å². The van der Waals surface area contributed by atoms with Crippen LogP contribution in [0.4, 0.5) is 0 Å². The first-order valence-electron chi connectivity index (χ1n) is 9.09. The number of carbonyl (C=O) groups excluding carboxylic acids is 2. The molecule has 1 aliphatic carbocycles. The van der Waals surface area contributed by atoms with Gasteiger partial charge in [-0.2, -0.15) is 0 Å². The molecule has 0 aromatic heterocycles. The SMILES string of the molecule is CCc1ccc(C2CC(=O)N(N(C)C)C3=C2C(=O)CC(C)(C)C3)cc1. The molecule has 3 rings (SSSR count). The third-order valence-corrected chi connectivity index (χ3v) is 5.31. The molecular weight excluding hydrogens is 312 g/mol. The van der Waals surface area contributed by atoms with Crippen molar-refractivity contribution < 1.29 is 9.59 Å². The van der Waals surface area contributed by atoms with E-state index in [-0.39, 0.29) is 23.0 Å². The lowest BCUT2D eigenvalue weighted by Crippen LogP contribution is -2.49. The number of rotatable bonds is 3. The van der Waals surface area contributed by atoms with Crippen LogP contribution < -0.4 is 0 Å². The topological polar surface area (TPSA) is 40.6 Å². The second-order valence-electron chi connectivity index (χ2n) is 8.21. The summed E-state index contributed by atoms with van der Waals surface area (Å²) in [6, 6.07) is 8.38. The molecule has 0 radical (unpaired) electrons. The van der Waals surface area contributed by atoms with E-state index in [0.717, 1.165) is 29.7 Å². The van der Waals surface area contributed by atoms with Gasteiger partial charge in [0.25, 0.3) is 0 Å². The molecule has 0 bridgehead atoms. The Bertz CT molecular complexity index is 729. The predicted molar refractivity (Wildman–Crippen MR) is 98.8 cm³/mol. The third kappa shape index (κ3) is 3.28. The molecule has 4 nitrogen and oxygen atoms in total. The molecule has 0 saturated carbocycles. The van der Waals surface area contributed by atoms with E-state index in [0.29, 0.717) is 12.8 Å². The van der Waals surface area contributed by atoms with E-state index in [1.165, 1.54) is 5.56 Å². The van der Waals surface area contributed by atoms with Crippen LogP contribution in [0.25, 0.3) is 0 Å². The zero-order valence-electron chi connectivity index (χ0n) is 15.9. The van der Waals surface area contributed by atoms with Crippen molar-refractivity contribution >= 4 is 11.7 Å². The molecule has 4 heteroatoms. The maximum absolute atomic E-state index is 13.0. The molecule has 134 valence electrons. The van der Waals surface area contributed by atoms with E-state index < -0.39 is 0 Å². The van der Waals surface area contributed by atoms with Gasteiger partial charge in [0.15, 0.2) is 5.78 Å². The Hall–Kier alpha value is -1.94. The van der Waals surface area contributed by atoms with Crippen molar-refractivity contribution in [3.8, 4) is 0 Å². The van der Waals surface area contributed by atoms with Crippen LogP contribution in [0.1, 0.15) is 57.1 Å². The highest BCUT2D eigenvalue weighted by molar-refractivity contribution is 6.01. The Morgan fingerprint density at radius 2 is 1.76 bits per heavy atom. The Morgan fingerprint density at radius 1 is 1.12 bits per heavy atom. The van der Waals surface area contributed by atoms with Gasteiger partial charge in [-0.15, -0.1) is 0 Å². The van der Waals surface area contributed by atoms with E-state index in [1.807, 2.05) is 19.1 Å². The first-order valence-corrected chi connectivity index (χ1v) is 9.09. The predicted octanol–water partition coefficient (Wildman–Crippen LogP) is 3.68. The van der Waals surface area contributed by atoms with E-state index in [2.05, 4.69) is 45.0 Å². The number of hydrogen-bond acceptors (Lipinski definition) is 3. The number of nitrogens with zero attached hydrogens (tertiary/aromatic N) is 2. The molecule has 2 aliphatic rings. The second-order valence-corrected chi connectivity index (χ2v) is 8.21. The van der Waals surface area contributed by atoms with Crippen molar-refractivity contribution in [1.29, 1.82) is 0 Å². The van der Waals surface area contributed by atoms with E-state index in [1.54, 1.807) is 5.01 Å². The maximum Gasteiger partial charge on any atom is 0.242 e. The third-order valence-electron chi connectivity index (χ3n) is 5.31. The number of carbonyl (C=O) groups is 2. The smallest absolute Gasteiger partial charge is 0.242 e. The highest BCUT2D eigenvalue weighted by atomic mass is 16.2. The molecule has 0 spiro atoms. The molecule has 1 unspecified atom stereocenters.